The van der Waals surface area contributed by atoms with Crippen molar-refractivity contribution >= 4 is 10.9 Å². The smallest absolute Gasteiger partial charge is 0.119 e. The molecule has 3 heteroatoms. The van der Waals surface area contributed by atoms with Gasteiger partial charge in [-0.25, -0.2) is 0 Å². The van der Waals surface area contributed by atoms with Crippen LogP contribution in [0.3, 0.4) is 0 Å². The molecule has 3 nitrogen and oxygen atoms in total. The molecule has 3 rings (SSSR count). The van der Waals surface area contributed by atoms with E-state index in [9.17, 15) is 0 Å². The predicted octanol–water partition coefficient (Wildman–Crippen LogP) is 3.31. The quantitative estimate of drug-likeness (QED) is 0.684. The lowest BCUT2D eigenvalue weighted by Gasteiger charge is -2.07. The number of hydrogen-bond donors (Lipinski definition) is 0. The SMILES string of the molecule is COc1ccc2nccc(-c3ccncc3)c2c1. The molecule has 0 aliphatic carbocycles. The van der Waals surface area contributed by atoms with Crippen LogP contribution < -0.4 is 4.74 Å². The van der Waals surface area contributed by atoms with Gasteiger partial charge in [-0.15, -0.1) is 0 Å². The van der Waals surface area contributed by atoms with Crippen LogP contribution in [-0.2, 0) is 0 Å². The fourth-order valence-corrected chi connectivity index (χ4v) is 2.04. The number of nitrogens with zero attached hydrogens (tertiary/aromatic N) is 2. The first kappa shape index (κ1) is 10.7. The highest BCUT2D eigenvalue weighted by Crippen LogP contribution is 2.29. The third-order valence-corrected chi connectivity index (χ3v) is 2.94. The van der Waals surface area contributed by atoms with Gasteiger partial charge in [0.2, 0.25) is 0 Å². The van der Waals surface area contributed by atoms with E-state index in [2.05, 4.69) is 9.97 Å². The molecule has 1 aromatic carbocycles. The van der Waals surface area contributed by atoms with Crippen molar-refractivity contribution in [3.05, 3.63) is 55.0 Å². The Hall–Kier alpha value is -2.42. The zero-order valence-electron chi connectivity index (χ0n) is 10.00. The van der Waals surface area contributed by atoms with E-state index < -0.39 is 0 Å². The molecular formula is C15H12N2O. The van der Waals surface area contributed by atoms with E-state index in [0.717, 1.165) is 27.8 Å². The van der Waals surface area contributed by atoms with E-state index in [4.69, 9.17) is 4.74 Å². The van der Waals surface area contributed by atoms with Gasteiger partial charge in [-0.1, -0.05) is 0 Å². The van der Waals surface area contributed by atoms with Crippen molar-refractivity contribution in [1.29, 1.82) is 0 Å². The summed E-state index contributed by atoms with van der Waals surface area (Å²) in [5.41, 5.74) is 3.23. The molecular weight excluding hydrogens is 224 g/mol. The Morgan fingerprint density at radius 2 is 1.78 bits per heavy atom. The zero-order valence-corrected chi connectivity index (χ0v) is 10.00. The van der Waals surface area contributed by atoms with Crippen LogP contribution in [0, 0.1) is 0 Å². The van der Waals surface area contributed by atoms with Gasteiger partial charge in [0, 0.05) is 24.0 Å². The normalized spacial score (nSPS) is 10.5. The van der Waals surface area contributed by atoms with Crippen molar-refractivity contribution < 1.29 is 4.74 Å². The summed E-state index contributed by atoms with van der Waals surface area (Å²) in [6, 6.07) is 11.9. The average Bonchev–Trinajstić information content (AvgIpc) is 2.47. The Morgan fingerprint density at radius 3 is 2.56 bits per heavy atom. The molecule has 88 valence electrons. The van der Waals surface area contributed by atoms with Crippen LogP contribution in [0.4, 0.5) is 0 Å². The Kier molecular flexibility index (Phi) is 2.65. The Balaban J connectivity index is 2.29. The van der Waals surface area contributed by atoms with Gasteiger partial charge in [-0.3, -0.25) is 9.97 Å². The van der Waals surface area contributed by atoms with Gasteiger partial charge in [-0.05, 0) is 47.5 Å². The highest BCUT2D eigenvalue weighted by Gasteiger charge is 2.05. The molecule has 0 bridgehead atoms. The maximum Gasteiger partial charge on any atom is 0.119 e. The second kappa shape index (κ2) is 4.45. The molecule has 0 N–H and O–H groups in total. The molecule has 2 heterocycles. The molecule has 0 atom stereocenters. The van der Waals surface area contributed by atoms with E-state index >= 15 is 0 Å². The minimum Gasteiger partial charge on any atom is -0.497 e. The Bertz CT molecular complexity index is 680. The topological polar surface area (TPSA) is 35.0 Å². The minimum atomic E-state index is 0.839. The molecule has 0 spiro atoms. The first-order chi connectivity index (χ1) is 8.88. The molecule has 0 saturated heterocycles. The summed E-state index contributed by atoms with van der Waals surface area (Å²) < 4.78 is 5.27. The summed E-state index contributed by atoms with van der Waals surface area (Å²) in [4.78, 5) is 8.42. The molecule has 0 aliphatic heterocycles. The van der Waals surface area contributed by atoms with Crippen molar-refractivity contribution in [2.45, 2.75) is 0 Å². The largest absolute Gasteiger partial charge is 0.497 e. The van der Waals surface area contributed by atoms with Crippen molar-refractivity contribution in [3.63, 3.8) is 0 Å². The number of rotatable bonds is 2. The fourth-order valence-electron chi connectivity index (χ4n) is 2.04. The number of hydrogen-bond acceptors (Lipinski definition) is 3. The summed E-state index contributed by atoms with van der Waals surface area (Å²) in [6.45, 7) is 0. The van der Waals surface area contributed by atoms with E-state index in [1.165, 1.54) is 0 Å². The van der Waals surface area contributed by atoms with Gasteiger partial charge >= 0.3 is 0 Å². The molecule has 0 amide bonds. The van der Waals surface area contributed by atoms with Gasteiger partial charge in [0.25, 0.3) is 0 Å². The lowest BCUT2D eigenvalue weighted by atomic mass is 10.0. The lowest BCUT2D eigenvalue weighted by Crippen LogP contribution is -1.87. The van der Waals surface area contributed by atoms with Crippen LogP contribution in [0.15, 0.2) is 55.0 Å². The van der Waals surface area contributed by atoms with Crippen LogP contribution in [-0.4, -0.2) is 17.1 Å². The second-order valence-electron chi connectivity index (χ2n) is 3.98. The standard InChI is InChI=1S/C15H12N2O/c1-18-12-2-3-15-14(10-12)13(6-9-17-15)11-4-7-16-8-5-11/h2-10H,1H3. The van der Waals surface area contributed by atoms with Gasteiger partial charge in [0.05, 0.1) is 12.6 Å². The van der Waals surface area contributed by atoms with Crippen molar-refractivity contribution in [3.8, 4) is 16.9 Å². The number of aromatic nitrogens is 2. The van der Waals surface area contributed by atoms with E-state index in [1.807, 2.05) is 42.6 Å². The number of methoxy groups -OCH3 is 1. The number of ether oxygens (including phenoxy) is 1. The minimum absolute atomic E-state index is 0.839. The third kappa shape index (κ3) is 1.80. The molecule has 0 aliphatic rings. The molecule has 0 unspecified atom stereocenters. The molecule has 0 radical (unpaired) electrons. The zero-order chi connectivity index (χ0) is 12.4. The lowest BCUT2D eigenvalue weighted by molar-refractivity contribution is 0.415. The Morgan fingerprint density at radius 1 is 0.944 bits per heavy atom. The first-order valence-electron chi connectivity index (χ1n) is 5.71. The molecule has 3 aromatic rings. The summed E-state index contributed by atoms with van der Waals surface area (Å²) in [7, 11) is 1.67. The molecule has 2 aromatic heterocycles. The number of pyridine rings is 2. The number of fused-ring (bicyclic) bond motifs is 1. The Labute approximate surface area is 105 Å². The summed E-state index contributed by atoms with van der Waals surface area (Å²) in [5, 5.41) is 1.09. The second-order valence-corrected chi connectivity index (χ2v) is 3.98. The highest BCUT2D eigenvalue weighted by molar-refractivity contribution is 5.94. The molecule has 18 heavy (non-hydrogen) atoms. The summed E-state index contributed by atoms with van der Waals surface area (Å²) in [6.07, 6.45) is 5.41. The average molecular weight is 236 g/mol. The van der Waals surface area contributed by atoms with Crippen LogP contribution in [0.25, 0.3) is 22.0 Å². The van der Waals surface area contributed by atoms with Gasteiger partial charge in [-0.2, -0.15) is 0 Å². The van der Waals surface area contributed by atoms with Crippen molar-refractivity contribution in [2.75, 3.05) is 7.11 Å². The molecule has 0 fully saturated rings. The van der Waals surface area contributed by atoms with E-state index in [0.29, 0.717) is 0 Å². The van der Waals surface area contributed by atoms with Crippen LogP contribution in [0.1, 0.15) is 0 Å². The molecule has 0 saturated carbocycles. The van der Waals surface area contributed by atoms with Gasteiger partial charge in [0.1, 0.15) is 5.75 Å². The monoisotopic (exact) mass is 236 g/mol. The van der Waals surface area contributed by atoms with Gasteiger partial charge in [0.15, 0.2) is 0 Å². The maximum atomic E-state index is 5.27. The van der Waals surface area contributed by atoms with Crippen molar-refractivity contribution in [2.24, 2.45) is 0 Å². The highest BCUT2D eigenvalue weighted by atomic mass is 16.5. The van der Waals surface area contributed by atoms with Crippen LogP contribution in [0.5, 0.6) is 5.75 Å². The van der Waals surface area contributed by atoms with Crippen LogP contribution in [0.2, 0.25) is 0 Å². The first-order valence-corrected chi connectivity index (χ1v) is 5.71. The van der Waals surface area contributed by atoms with Gasteiger partial charge < -0.3 is 4.74 Å². The summed E-state index contributed by atoms with van der Waals surface area (Å²) >= 11 is 0. The van der Waals surface area contributed by atoms with Crippen LogP contribution >= 0.6 is 0 Å². The predicted molar refractivity (Wildman–Crippen MR) is 71.5 cm³/mol. The number of benzene rings is 1. The third-order valence-electron chi connectivity index (χ3n) is 2.94. The summed E-state index contributed by atoms with van der Waals surface area (Å²) in [5.74, 6) is 0.839. The maximum absolute atomic E-state index is 5.27. The van der Waals surface area contributed by atoms with Crippen molar-refractivity contribution in [1.82, 2.24) is 9.97 Å². The van der Waals surface area contributed by atoms with E-state index in [-0.39, 0.29) is 0 Å². The van der Waals surface area contributed by atoms with E-state index in [1.54, 1.807) is 19.5 Å². The fraction of sp³-hybridized carbons (Fsp3) is 0.0667.